The van der Waals surface area contributed by atoms with Crippen LogP contribution in [-0.2, 0) is 14.3 Å². The van der Waals surface area contributed by atoms with Crippen LogP contribution in [0.1, 0.15) is 58.1 Å². The van der Waals surface area contributed by atoms with Gasteiger partial charge < -0.3 is 14.5 Å². The van der Waals surface area contributed by atoms with Crippen LogP contribution in [0.3, 0.4) is 0 Å². The first-order chi connectivity index (χ1) is 16.2. The number of carbonyl (C=O) groups excluding carboxylic acids is 3. The number of ether oxygens (including phenoxy) is 1. The fourth-order valence-corrected chi connectivity index (χ4v) is 4.93. The van der Waals surface area contributed by atoms with E-state index < -0.39 is 5.60 Å². The summed E-state index contributed by atoms with van der Waals surface area (Å²) in [5, 5.41) is 2.42. The zero-order valence-corrected chi connectivity index (χ0v) is 20.6. The zero-order valence-electron chi connectivity index (χ0n) is 20.6. The van der Waals surface area contributed by atoms with Gasteiger partial charge in [0.1, 0.15) is 11.4 Å². The third-order valence-electron chi connectivity index (χ3n) is 6.83. The molecular formula is C25H37N5O4. The lowest BCUT2D eigenvalue weighted by Crippen LogP contribution is -2.49. The molecule has 1 N–H and O–H groups in total. The summed E-state index contributed by atoms with van der Waals surface area (Å²) in [6.07, 6.45) is 2.69. The standard InChI is InChI=1S/C25H37N5O4/c1-25(2,3)34-24(33)30-11-9-18(10-12-30)17-28-13-15-29(16-14-28)21-6-4-5-20(26-21)19-7-8-22(31)27-23(19)32/h4-6,18-19H,7-17H2,1-3H3,(H,27,31,32). The third kappa shape index (κ3) is 6.25. The van der Waals surface area contributed by atoms with E-state index in [1.165, 1.54) is 0 Å². The number of rotatable bonds is 4. The molecule has 9 heteroatoms. The normalized spacial score (nSPS) is 23.1. The molecule has 0 saturated carbocycles. The third-order valence-corrected chi connectivity index (χ3v) is 6.83. The van der Waals surface area contributed by atoms with Crippen LogP contribution in [0.5, 0.6) is 0 Å². The molecule has 1 unspecified atom stereocenters. The van der Waals surface area contributed by atoms with Gasteiger partial charge in [-0.15, -0.1) is 0 Å². The summed E-state index contributed by atoms with van der Waals surface area (Å²) in [5.74, 6) is 0.685. The number of piperazine rings is 1. The average Bonchev–Trinajstić information content (AvgIpc) is 2.79. The molecule has 9 nitrogen and oxygen atoms in total. The quantitative estimate of drug-likeness (QED) is 0.674. The van der Waals surface area contributed by atoms with Crippen LogP contribution >= 0.6 is 0 Å². The van der Waals surface area contributed by atoms with E-state index in [0.29, 0.717) is 18.8 Å². The summed E-state index contributed by atoms with van der Waals surface area (Å²) < 4.78 is 5.50. The van der Waals surface area contributed by atoms with Crippen LogP contribution in [-0.4, -0.2) is 84.1 Å². The molecule has 3 saturated heterocycles. The molecule has 186 valence electrons. The maximum atomic E-state index is 12.3. The van der Waals surface area contributed by atoms with Crippen LogP contribution in [0.4, 0.5) is 10.6 Å². The van der Waals surface area contributed by atoms with Crippen LogP contribution in [0, 0.1) is 5.92 Å². The number of piperidine rings is 2. The maximum Gasteiger partial charge on any atom is 0.410 e. The van der Waals surface area contributed by atoms with E-state index in [4.69, 9.17) is 9.72 Å². The van der Waals surface area contributed by atoms with Gasteiger partial charge in [0, 0.05) is 52.2 Å². The van der Waals surface area contributed by atoms with E-state index in [0.717, 1.165) is 70.2 Å². The van der Waals surface area contributed by atoms with Gasteiger partial charge in [0.2, 0.25) is 11.8 Å². The van der Waals surface area contributed by atoms with Gasteiger partial charge in [-0.1, -0.05) is 6.07 Å². The minimum Gasteiger partial charge on any atom is -0.444 e. The molecule has 0 aromatic carbocycles. The number of anilines is 1. The Morgan fingerprint density at radius 3 is 2.41 bits per heavy atom. The Morgan fingerprint density at radius 1 is 1.06 bits per heavy atom. The fraction of sp³-hybridized carbons (Fsp3) is 0.680. The molecule has 1 aromatic heterocycles. The van der Waals surface area contributed by atoms with Gasteiger partial charge in [0.05, 0.1) is 11.6 Å². The number of imide groups is 1. The van der Waals surface area contributed by atoms with Crippen molar-refractivity contribution in [2.75, 3.05) is 50.7 Å². The number of pyridine rings is 1. The van der Waals surface area contributed by atoms with Crippen LogP contribution < -0.4 is 10.2 Å². The number of likely N-dealkylation sites (tertiary alicyclic amines) is 1. The summed E-state index contributed by atoms with van der Waals surface area (Å²) in [6, 6.07) is 5.83. The number of amides is 3. The summed E-state index contributed by atoms with van der Waals surface area (Å²) in [4.78, 5) is 47.3. The van der Waals surface area contributed by atoms with Crippen molar-refractivity contribution in [1.82, 2.24) is 20.1 Å². The maximum absolute atomic E-state index is 12.3. The van der Waals surface area contributed by atoms with Crippen LogP contribution in [0.15, 0.2) is 18.2 Å². The summed E-state index contributed by atoms with van der Waals surface area (Å²) >= 11 is 0. The van der Waals surface area contributed by atoms with Crippen molar-refractivity contribution in [3.8, 4) is 0 Å². The van der Waals surface area contributed by atoms with Gasteiger partial charge in [0.25, 0.3) is 0 Å². The highest BCUT2D eigenvalue weighted by Gasteiger charge is 2.31. The number of nitrogens with one attached hydrogen (secondary N) is 1. The van der Waals surface area contributed by atoms with Crippen molar-refractivity contribution in [3.05, 3.63) is 23.9 Å². The largest absolute Gasteiger partial charge is 0.444 e. The lowest BCUT2D eigenvalue weighted by molar-refractivity contribution is -0.134. The SMILES string of the molecule is CC(C)(C)OC(=O)N1CCC(CN2CCN(c3cccc(C4CCC(=O)NC4=O)n3)CC2)CC1. The van der Waals surface area contributed by atoms with E-state index in [1.54, 1.807) is 0 Å². The predicted octanol–water partition coefficient (Wildman–Crippen LogP) is 2.37. The number of aromatic nitrogens is 1. The van der Waals surface area contributed by atoms with Gasteiger partial charge in [-0.2, -0.15) is 0 Å². The first-order valence-corrected chi connectivity index (χ1v) is 12.4. The van der Waals surface area contributed by atoms with Gasteiger partial charge in [-0.05, 0) is 58.1 Å². The number of hydrogen-bond donors (Lipinski definition) is 1. The van der Waals surface area contributed by atoms with Crippen molar-refractivity contribution in [3.63, 3.8) is 0 Å². The van der Waals surface area contributed by atoms with Gasteiger partial charge >= 0.3 is 6.09 Å². The van der Waals surface area contributed by atoms with E-state index in [1.807, 2.05) is 43.9 Å². The fourth-order valence-electron chi connectivity index (χ4n) is 4.93. The topological polar surface area (TPSA) is 95.1 Å². The monoisotopic (exact) mass is 471 g/mol. The number of carbonyl (C=O) groups is 3. The van der Waals surface area contributed by atoms with Gasteiger partial charge in [0.15, 0.2) is 0 Å². The van der Waals surface area contributed by atoms with Gasteiger partial charge in [-0.3, -0.25) is 19.8 Å². The first kappa shape index (κ1) is 24.4. The van der Waals surface area contributed by atoms with Crippen molar-refractivity contribution >= 4 is 23.7 Å². The predicted molar refractivity (Wildman–Crippen MR) is 129 cm³/mol. The highest BCUT2D eigenvalue weighted by Crippen LogP contribution is 2.26. The van der Waals surface area contributed by atoms with E-state index in [9.17, 15) is 14.4 Å². The van der Waals surface area contributed by atoms with Crippen molar-refractivity contribution in [2.24, 2.45) is 5.92 Å². The zero-order chi connectivity index (χ0) is 24.3. The second-order valence-corrected chi connectivity index (χ2v) is 10.6. The molecule has 3 aliphatic rings. The molecule has 1 aromatic rings. The Balaban J connectivity index is 1.23. The Bertz CT molecular complexity index is 899. The molecule has 3 aliphatic heterocycles. The second kappa shape index (κ2) is 10.3. The highest BCUT2D eigenvalue weighted by molar-refractivity contribution is 6.00. The Hall–Kier alpha value is -2.68. The van der Waals surface area contributed by atoms with Crippen molar-refractivity contribution in [1.29, 1.82) is 0 Å². The lowest BCUT2D eigenvalue weighted by atomic mass is 9.94. The smallest absolute Gasteiger partial charge is 0.410 e. The summed E-state index contributed by atoms with van der Waals surface area (Å²) in [7, 11) is 0. The van der Waals surface area contributed by atoms with E-state index in [2.05, 4.69) is 15.1 Å². The van der Waals surface area contributed by atoms with Crippen molar-refractivity contribution in [2.45, 2.75) is 58.0 Å². The van der Waals surface area contributed by atoms with E-state index in [-0.39, 0.29) is 23.8 Å². The number of nitrogens with zero attached hydrogens (tertiary/aromatic N) is 4. The highest BCUT2D eigenvalue weighted by atomic mass is 16.6. The van der Waals surface area contributed by atoms with Crippen LogP contribution in [0.2, 0.25) is 0 Å². The summed E-state index contributed by atoms with van der Waals surface area (Å²) in [6.45, 7) is 12.0. The number of hydrogen-bond acceptors (Lipinski definition) is 7. The Kier molecular flexibility index (Phi) is 7.40. The minimum absolute atomic E-state index is 0.202. The molecule has 0 radical (unpaired) electrons. The molecule has 34 heavy (non-hydrogen) atoms. The van der Waals surface area contributed by atoms with Crippen molar-refractivity contribution < 1.29 is 19.1 Å². The second-order valence-electron chi connectivity index (χ2n) is 10.6. The molecule has 0 bridgehead atoms. The molecule has 0 aliphatic carbocycles. The molecule has 4 heterocycles. The van der Waals surface area contributed by atoms with E-state index >= 15 is 0 Å². The molecule has 3 amide bonds. The molecular weight excluding hydrogens is 434 g/mol. The van der Waals surface area contributed by atoms with Gasteiger partial charge in [-0.25, -0.2) is 9.78 Å². The first-order valence-electron chi connectivity index (χ1n) is 12.4. The average molecular weight is 472 g/mol. The summed E-state index contributed by atoms with van der Waals surface area (Å²) in [5.41, 5.74) is 0.283. The molecule has 0 spiro atoms. The minimum atomic E-state index is -0.455. The Morgan fingerprint density at radius 2 is 1.76 bits per heavy atom. The molecule has 1 atom stereocenters. The molecule has 3 fully saturated rings. The Labute approximate surface area is 201 Å². The lowest BCUT2D eigenvalue weighted by Gasteiger charge is -2.39. The van der Waals surface area contributed by atoms with Crippen LogP contribution in [0.25, 0.3) is 0 Å². The molecule has 4 rings (SSSR count).